The van der Waals surface area contributed by atoms with Gasteiger partial charge in [0.2, 0.25) is 0 Å². The second kappa shape index (κ2) is 4.56. The molecule has 3 rings (SSSR count). The van der Waals surface area contributed by atoms with Crippen LogP contribution in [0.5, 0.6) is 0 Å². The summed E-state index contributed by atoms with van der Waals surface area (Å²) >= 11 is 0. The third-order valence-corrected chi connectivity index (χ3v) is 3.87. The second-order valence-electron chi connectivity index (χ2n) is 4.97. The summed E-state index contributed by atoms with van der Waals surface area (Å²) in [5.41, 5.74) is 1.45. The summed E-state index contributed by atoms with van der Waals surface area (Å²) in [6.45, 7) is 5.03. The van der Waals surface area contributed by atoms with Crippen LogP contribution in [0.2, 0.25) is 0 Å². The van der Waals surface area contributed by atoms with Gasteiger partial charge in [-0.25, -0.2) is 0 Å². The maximum atomic E-state index is 2.66. The normalized spacial score (nSPS) is 26.9. The second-order valence-corrected chi connectivity index (χ2v) is 4.97. The molecule has 0 aromatic heterocycles. The van der Waals surface area contributed by atoms with E-state index in [0.717, 1.165) is 12.7 Å². The van der Waals surface area contributed by atoms with Crippen LogP contribution in [0.1, 0.15) is 24.8 Å². The average molecular weight is 216 g/mol. The molecule has 1 aromatic rings. The lowest BCUT2D eigenvalue weighted by Gasteiger charge is -2.40. The highest BCUT2D eigenvalue weighted by atomic mass is 15.4. The van der Waals surface area contributed by atoms with Crippen molar-refractivity contribution in [2.24, 2.45) is 0 Å². The molecule has 0 saturated carbocycles. The molecule has 2 saturated heterocycles. The number of hydrogen-bond donors (Lipinski definition) is 0. The van der Waals surface area contributed by atoms with E-state index in [1.54, 1.807) is 0 Å². The number of nitrogens with zero attached hydrogens (tertiary/aromatic N) is 2. The third-order valence-electron chi connectivity index (χ3n) is 3.87. The van der Waals surface area contributed by atoms with E-state index in [0.29, 0.717) is 0 Å². The predicted molar refractivity (Wildman–Crippen MR) is 66.1 cm³/mol. The fraction of sp³-hybridized carbons (Fsp3) is 0.571. The Labute approximate surface area is 97.9 Å². The van der Waals surface area contributed by atoms with Gasteiger partial charge in [-0.1, -0.05) is 30.3 Å². The zero-order chi connectivity index (χ0) is 10.8. The summed E-state index contributed by atoms with van der Waals surface area (Å²) in [6.07, 6.45) is 4.82. The first-order chi connectivity index (χ1) is 7.93. The molecule has 2 heterocycles. The van der Waals surface area contributed by atoms with Crippen molar-refractivity contribution in [2.45, 2.75) is 32.0 Å². The Bertz CT molecular complexity index is 336. The molecule has 2 aliphatic rings. The van der Waals surface area contributed by atoms with Gasteiger partial charge < -0.3 is 0 Å². The lowest BCUT2D eigenvalue weighted by atomic mass is 10.1. The predicted octanol–water partition coefficient (Wildman–Crippen LogP) is 2.31. The zero-order valence-corrected chi connectivity index (χ0v) is 9.81. The van der Waals surface area contributed by atoms with Crippen molar-refractivity contribution in [1.82, 2.24) is 9.80 Å². The van der Waals surface area contributed by atoms with Crippen molar-refractivity contribution in [1.29, 1.82) is 0 Å². The first kappa shape index (κ1) is 10.3. The van der Waals surface area contributed by atoms with Gasteiger partial charge in [-0.2, -0.15) is 0 Å². The van der Waals surface area contributed by atoms with Crippen LogP contribution in [0.25, 0.3) is 0 Å². The molecule has 2 fully saturated rings. The Morgan fingerprint density at radius 3 is 2.69 bits per heavy atom. The smallest absolute Gasteiger partial charge is 0.0625 e. The first-order valence-electron chi connectivity index (χ1n) is 6.45. The van der Waals surface area contributed by atoms with E-state index in [1.165, 1.54) is 44.5 Å². The maximum absolute atomic E-state index is 2.66. The van der Waals surface area contributed by atoms with Crippen molar-refractivity contribution >= 4 is 0 Å². The molecule has 2 aliphatic heterocycles. The summed E-state index contributed by atoms with van der Waals surface area (Å²) < 4.78 is 0. The minimum absolute atomic E-state index is 0.731. The highest BCUT2D eigenvalue weighted by molar-refractivity contribution is 5.14. The molecule has 0 amide bonds. The summed E-state index contributed by atoms with van der Waals surface area (Å²) in [5.74, 6) is 0. The van der Waals surface area contributed by atoms with Gasteiger partial charge in [-0.05, 0) is 31.4 Å². The Kier molecular flexibility index (Phi) is 2.94. The minimum Gasteiger partial charge on any atom is -0.288 e. The number of benzene rings is 1. The van der Waals surface area contributed by atoms with Gasteiger partial charge >= 0.3 is 0 Å². The Hall–Kier alpha value is -0.860. The molecule has 1 atom stereocenters. The number of hydrogen-bond acceptors (Lipinski definition) is 2. The monoisotopic (exact) mass is 216 g/mol. The number of fused-ring (bicyclic) bond motifs is 1. The van der Waals surface area contributed by atoms with Crippen molar-refractivity contribution < 1.29 is 0 Å². The minimum atomic E-state index is 0.731. The van der Waals surface area contributed by atoms with Gasteiger partial charge in [0.05, 0.1) is 6.17 Å². The highest BCUT2D eigenvalue weighted by Gasteiger charge is 2.32. The molecule has 1 aromatic carbocycles. The van der Waals surface area contributed by atoms with Crippen LogP contribution in [0.15, 0.2) is 30.3 Å². The molecule has 1 unspecified atom stereocenters. The van der Waals surface area contributed by atoms with E-state index in [-0.39, 0.29) is 0 Å². The van der Waals surface area contributed by atoms with Gasteiger partial charge in [0.1, 0.15) is 0 Å². The van der Waals surface area contributed by atoms with E-state index in [9.17, 15) is 0 Å². The van der Waals surface area contributed by atoms with E-state index >= 15 is 0 Å². The molecule has 0 spiro atoms. The molecule has 0 N–H and O–H groups in total. The quantitative estimate of drug-likeness (QED) is 0.748. The molecule has 0 bridgehead atoms. The Morgan fingerprint density at radius 1 is 1.00 bits per heavy atom. The van der Waals surface area contributed by atoms with Crippen LogP contribution >= 0.6 is 0 Å². The Balaban J connectivity index is 1.70. The van der Waals surface area contributed by atoms with Crippen LogP contribution in [0.3, 0.4) is 0 Å². The first-order valence-corrected chi connectivity index (χ1v) is 6.45. The van der Waals surface area contributed by atoms with Crippen LogP contribution in [-0.4, -0.2) is 35.6 Å². The standard InChI is InChI=1S/C14H20N2/c1-2-6-13(7-3-1)12-16-11-5-10-15-9-4-8-14(15)16/h1-3,6-7,14H,4-5,8-12H2. The fourth-order valence-corrected chi connectivity index (χ4v) is 3.11. The van der Waals surface area contributed by atoms with Crippen molar-refractivity contribution in [3.05, 3.63) is 35.9 Å². The van der Waals surface area contributed by atoms with Crippen LogP contribution in [0.4, 0.5) is 0 Å². The third kappa shape index (κ3) is 2.00. The van der Waals surface area contributed by atoms with E-state index in [1.807, 2.05) is 0 Å². The van der Waals surface area contributed by atoms with Gasteiger partial charge in [0, 0.05) is 19.6 Å². The number of rotatable bonds is 2. The van der Waals surface area contributed by atoms with Gasteiger partial charge in [-0.3, -0.25) is 9.80 Å². The average Bonchev–Trinajstić information content (AvgIpc) is 2.80. The molecule has 16 heavy (non-hydrogen) atoms. The maximum Gasteiger partial charge on any atom is 0.0625 e. The van der Waals surface area contributed by atoms with Gasteiger partial charge in [0.25, 0.3) is 0 Å². The Morgan fingerprint density at radius 2 is 1.81 bits per heavy atom. The topological polar surface area (TPSA) is 6.48 Å². The van der Waals surface area contributed by atoms with Gasteiger partial charge in [0.15, 0.2) is 0 Å². The van der Waals surface area contributed by atoms with Crippen LogP contribution in [0, 0.1) is 0 Å². The summed E-state index contributed by atoms with van der Waals surface area (Å²) in [7, 11) is 0. The van der Waals surface area contributed by atoms with Crippen molar-refractivity contribution in [2.75, 3.05) is 19.6 Å². The molecule has 2 heteroatoms. The molecular formula is C14H20N2. The molecule has 2 nitrogen and oxygen atoms in total. The lowest BCUT2D eigenvalue weighted by Crippen LogP contribution is -2.49. The molecule has 0 radical (unpaired) electrons. The zero-order valence-electron chi connectivity index (χ0n) is 9.81. The van der Waals surface area contributed by atoms with Crippen LogP contribution < -0.4 is 0 Å². The lowest BCUT2D eigenvalue weighted by molar-refractivity contribution is 0.0287. The van der Waals surface area contributed by atoms with Crippen LogP contribution in [-0.2, 0) is 6.54 Å². The molecule has 86 valence electrons. The molecular weight excluding hydrogens is 196 g/mol. The largest absolute Gasteiger partial charge is 0.288 e. The summed E-state index contributed by atoms with van der Waals surface area (Å²) in [4.78, 5) is 5.32. The van der Waals surface area contributed by atoms with Crippen molar-refractivity contribution in [3.63, 3.8) is 0 Å². The fourth-order valence-electron chi connectivity index (χ4n) is 3.11. The molecule has 0 aliphatic carbocycles. The van der Waals surface area contributed by atoms with E-state index < -0.39 is 0 Å². The summed E-state index contributed by atoms with van der Waals surface area (Å²) in [5, 5.41) is 0. The van der Waals surface area contributed by atoms with Crippen molar-refractivity contribution in [3.8, 4) is 0 Å². The van der Waals surface area contributed by atoms with E-state index in [4.69, 9.17) is 0 Å². The summed E-state index contributed by atoms with van der Waals surface area (Å²) in [6, 6.07) is 10.9. The SMILES string of the molecule is c1ccc(CN2CCCN3CCCC32)cc1. The van der Waals surface area contributed by atoms with Gasteiger partial charge in [-0.15, -0.1) is 0 Å². The highest BCUT2D eigenvalue weighted by Crippen LogP contribution is 2.26. The van der Waals surface area contributed by atoms with E-state index in [2.05, 4.69) is 40.1 Å².